The van der Waals surface area contributed by atoms with Crippen LogP contribution in [0.2, 0.25) is 0 Å². The molecule has 1 heterocycles. The fourth-order valence-corrected chi connectivity index (χ4v) is 5.23. The number of quaternary nitrogens is 2. The Morgan fingerprint density at radius 2 is 0.865 bits per heavy atom. The van der Waals surface area contributed by atoms with Gasteiger partial charge in [-0.1, -0.05) is 60.7 Å². The number of carbonyl (C=O) groups excluding carboxylic acids is 4. The van der Waals surface area contributed by atoms with Crippen LogP contribution >= 0.6 is 0 Å². The van der Waals surface area contributed by atoms with Crippen molar-refractivity contribution in [3.8, 4) is 0 Å². The van der Waals surface area contributed by atoms with E-state index >= 15 is 0 Å². The maximum atomic E-state index is 12.6. The van der Waals surface area contributed by atoms with Gasteiger partial charge in [0.05, 0.1) is 52.9 Å². The molecule has 2 aromatic rings. The van der Waals surface area contributed by atoms with E-state index in [1.165, 1.54) is 0 Å². The number of hydrogen-bond donors (Lipinski definition) is 4. The number of carbonyl (C=O) groups is 4. The first kappa shape index (κ1) is 42.5. The van der Waals surface area contributed by atoms with E-state index in [9.17, 15) is 19.2 Å². The van der Waals surface area contributed by atoms with E-state index < -0.39 is 0 Å². The van der Waals surface area contributed by atoms with Crippen LogP contribution < -0.4 is 20.4 Å². The van der Waals surface area contributed by atoms with Gasteiger partial charge in [-0.3, -0.25) is 19.2 Å². The van der Waals surface area contributed by atoms with E-state index in [0.29, 0.717) is 105 Å². The van der Waals surface area contributed by atoms with Crippen LogP contribution in [0, 0.1) is 0 Å². The van der Waals surface area contributed by atoms with Crippen molar-refractivity contribution in [1.82, 2.24) is 10.6 Å². The summed E-state index contributed by atoms with van der Waals surface area (Å²) in [7, 11) is 0. The van der Waals surface area contributed by atoms with E-state index in [4.69, 9.17) is 28.4 Å². The fraction of sp³-hybridized carbons (Fsp3) is 0.579. The van der Waals surface area contributed by atoms with Gasteiger partial charge in [-0.05, 0) is 24.0 Å². The smallest absolute Gasteiger partial charge is 0.306 e. The number of rotatable bonds is 16. The first-order valence-electron chi connectivity index (χ1n) is 18.4. The third-order valence-corrected chi connectivity index (χ3v) is 8.21. The quantitative estimate of drug-likeness (QED) is 0.126. The summed E-state index contributed by atoms with van der Waals surface area (Å²) >= 11 is 0. The van der Waals surface area contributed by atoms with Crippen LogP contribution in [0.25, 0.3) is 0 Å². The zero-order chi connectivity index (χ0) is 36.9. The highest BCUT2D eigenvalue weighted by Crippen LogP contribution is 2.03. The molecule has 0 spiro atoms. The molecule has 288 valence electrons. The second kappa shape index (κ2) is 27.7. The first-order chi connectivity index (χ1) is 25.5. The highest BCUT2D eigenvalue weighted by molar-refractivity contribution is 5.77. The molecule has 4 N–H and O–H groups in total. The summed E-state index contributed by atoms with van der Waals surface area (Å²) in [4.78, 5) is 51.4. The second-order valence-electron chi connectivity index (χ2n) is 12.5. The van der Waals surface area contributed by atoms with Crippen molar-refractivity contribution in [3.63, 3.8) is 0 Å². The SMILES string of the molecule is O=C(C[NH+]1CCOCCOCC[NH+](CC(=O)NCCCC(=O)OCc2ccccc2)CCOCCOCC1)NCCCC(=O)OCc1ccccc1. The Hall–Kier alpha value is -3.92. The standard InChI is InChI=1S/C38H56N4O10/c43-35(39-15-7-13-37(45)51-31-33-9-3-1-4-10-33)29-41-17-21-47-25-27-49-23-19-42(20-24-50-28-26-48-22-18-41)30-36(44)40-16-8-14-38(46)52-32-34-11-5-2-6-12-34/h1-6,9-12H,7-8,13-32H2,(H,39,43)(H,40,44)/p+2. The molecule has 0 atom stereocenters. The summed E-state index contributed by atoms with van der Waals surface area (Å²) in [6.45, 7) is 7.85. The highest BCUT2D eigenvalue weighted by Gasteiger charge is 2.17. The van der Waals surface area contributed by atoms with Gasteiger partial charge >= 0.3 is 11.9 Å². The Bertz CT molecular complexity index is 1150. The summed E-state index contributed by atoms with van der Waals surface area (Å²) in [5.74, 6) is -0.768. The molecule has 52 heavy (non-hydrogen) atoms. The number of esters is 2. The van der Waals surface area contributed by atoms with Crippen LogP contribution in [-0.4, -0.2) is 129 Å². The minimum atomic E-state index is -0.288. The topological polar surface area (TPSA) is 157 Å². The number of amides is 2. The molecule has 0 aliphatic carbocycles. The largest absolute Gasteiger partial charge is 0.461 e. The molecule has 14 nitrogen and oxygen atoms in total. The van der Waals surface area contributed by atoms with Gasteiger partial charge in [-0.25, -0.2) is 0 Å². The van der Waals surface area contributed by atoms with Gasteiger partial charge < -0.3 is 48.9 Å². The number of ether oxygens (including phenoxy) is 6. The Labute approximate surface area is 307 Å². The zero-order valence-corrected chi connectivity index (χ0v) is 30.4. The Kier molecular flexibility index (Phi) is 22.6. The Balaban J connectivity index is 1.26. The van der Waals surface area contributed by atoms with Crippen molar-refractivity contribution in [2.24, 2.45) is 0 Å². The van der Waals surface area contributed by atoms with Crippen LogP contribution in [0.15, 0.2) is 60.7 Å². The van der Waals surface area contributed by atoms with Crippen LogP contribution in [0.4, 0.5) is 0 Å². The average Bonchev–Trinajstić information content (AvgIpc) is 3.15. The van der Waals surface area contributed by atoms with Crippen LogP contribution in [0.5, 0.6) is 0 Å². The van der Waals surface area contributed by atoms with E-state index in [1.54, 1.807) is 0 Å². The second-order valence-corrected chi connectivity index (χ2v) is 12.5. The lowest BCUT2D eigenvalue weighted by molar-refractivity contribution is -0.893. The minimum Gasteiger partial charge on any atom is -0.461 e. The first-order valence-corrected chi connectivity index (χ1v) is 18.4. The highest BCUT2D eigenvalue weighted by atomic mass is 16.5. The third kappa shape index (κ3) is 21.4. The molecule has 2 aromatic carbocycles. The summed E-state index contributed by atoms with van der Waals surface area (Å²) in [5.41, 5.74) is 1.87. The van der Waals surface area contributed by atoms with Crippen molar-refractivity contribution < 1.29 is 57.4 Å². The molecule has 0 unspecified atom stereocenters. The molecule has 0 aromatic heterocycles. The van der Waals surface area contributed by atoms with Crippen LogP contribution in [0.3, 0.4) is 0 Å². The molecule has 3 rings (SSSR count). The summed E-state index contributed by atoms with van der Waals surface area (Å²) in [5, 5.41) is 5.80. The summed E-state index contributed by atoms with van der Waals surface area (Å²) in [6, 6.07) is 19.0. The number of nitrogens with one attached hydrogen (secondary N) is 4. The maximum absolute atomic E-state index is 12.6. The molecule has 1 saturated heterocycles. The van der Waals surface area contributed by atoms with Gasteiger partial charge in [-0.15, -0.1) is 0 Å². The van der Waals surface area contributed by atoms with Crippen molar-refractivity contribution in [1.29, 1.82) is 0 Å². The molecular weight excluding hydrogens is 672 g/mol. The molecule has 0 saturated carbocycles. The maximum Gasteiger partial charge on any atom is 0.306 e. The van der Waals surface area contributed by atoms with Gasteiger partial charge in [0.15, 0.2) is 13.1 Å². The molecule has 0 bridgehead atoms. The van der Waals surface area contributed by atoms with E-state index in [0.717, 1.165) is 20.9 Å². The van der Waals surface area contributed by atoms with Gasteiger partial charge in [0.2, 0.25) is 0 Å². The molecule has 1 fully saturated rings. The summed E-state index contributed by atoms with van der Waals surface area (Å²) in [6.07, 6.45) is 1.48. The average molecular weight is 731 g/mol. The summed E-state index contributed by atoms with van der Waals surface area (Å²) < 4.78 is 33.7. The normalized spacial score (nSPS) is 18.2. The molecule has 0 radical (unpaired) electrons. The molecular formula is C38H58N4O10+2. The minimum absolute atomic E-state index is 0.0959. The van der Waals surface area contributed by atoms with Crippen LogP contribution in [-0.2, 0) is 60.8 Å². The predicted octanol–water partition coefficient (Wildman–Crippen LogP) is -0.884. The van der Waals surface area contributed by atoms with Crippen molar-refractivity contribution in [3.05, 3.63) is 71.8 Å². The Morgan fingerprint density at radius 3 is 1.21 bits per heavy atom. The lowest BCUT2D eigenvalue weighted by atomic mass is 10.2. The van der Waals surface area contributed by atoms with Gasteiger partial charge in [0.25, 0.3) is 11.8 Å². The van der Waals surface area contributed by atoms with E-state index in [1.807, 2.05) is 60.7 Å². The van der Waals surface area contributed by atoms with Crippen molar-refractivity contribution >= 4 is 23.8 Å². The molecule has 1 aliphatic heterocycles. The third-order valence-electron chi connectivity index (χ3n) is 8.21. The Morgan fingerprint density at radius 1 is 0.519 bits per heavy atom. The molecule has 2 amide bonds. The van der Waals surface area contributed by atoms with E-state index in [2.05, 4.69) is 10.6 Å². The lowest BCUT2D eigenvalue weighted by Crippen LogP contribution is -3.14. The number of benzene rings is 2. The van der Waals surface area contributed by atoms with Crippen LogP contribution in [0.1, 0.15) is 36.8 Å². The number of hydrogen-bond acceptors (Lipinski definition) is 10. The van der Waals surface area contributed by atoms with Gasteiger partial charge in [0, 0.05) is 25.9 Å². The fourth-order valence-electron chi connectivity index (χ4n) is 5.23. The lowest BCUT2D eigenvalue weighted by Gasteiger charge is -2.21. The monoisotopic (exact) mass is 730 g/mol. The zero-order valence-electron chi connectivity index (χ0n) is 30.4. The van der Waals surface area contributed by atoms with E-state index in [-0.39, 0.29) is 62.9 Å². The van der Waals surface area contributed by atoms with Crippen molar-refractivity contribution in [2.45, 2.75) is 38.9 Å². The van der Waals surface area contributed by atoms with Gasteiger partial charge in [-0.2, -0.15) is 0 Å². The van der Waals surface area contributed by atoms with Gasteiger partial charge in [0.1, 0.15) is 39.4 Å². The van der Waals surface area contributed by atoms with Crippen molar-refractivity contribution in [2.75, 3.05) is 105 Å². The molecule has 1 aliphatic rings. The molecule has 14 heteroatoms. The predicted molar refractivity (Wildman–Crippen MR) is 191 cm³/mol.